The molecule has 0 aliphatic carbocycles. The number of para-hydroxylation sites is 2. The van der Waals surface area contributed by atoms with Gasteiger partial charge in [0.05, 0.1) is 13.1 Å². The van der Waals surface area contributed by atoms with Crippen molar-refractivity contribution in [1.82, 2.24) is 4.48 Å². The number of unbranched alkanes of at least 4 members (excludes halogenated alkanes) is 2. The molecule has 0 fully saturated rings. The van der Waals surface area contributed by atoms with Gasteiger partial charge in [-0.25, -0.2) is 0 Å². The van der Waals surface area contributed by atoms with Crippen molar-refractivity contribution in [3.63, 3.8) is 0 Å². The van der Waals surface area contributed by atoms with Gasteiger partial charge in [0.15, 0.2) is 11.4 Å². The first kappa shape index (κ1) is 20.2. The van der Waals surface area contributed by atoms with Crippen LogP contribution in [0.4, 0.5) is 5.69 Å². The highest BCUT2D eigenvalue weighted by atomic mass is 16.3. The molecule has 2 N–H and O–H groups in total. The summed E-state index contributed by atoms with van der Waals surface area (Å²) in [5.74, 6) is 0.427. The van der Waals surface area contributed by atoms with E-state index >= 15 is 0 Å². The lowest BCUT2D eigenvalue weighted by Crippen LogP contribution is -2.50. The number of benzene rings is 2. The Morgan fingerprint density at radius 1 is 0.792 bits per heavy atom. The summed E-state index contributed by atoms with van der Waals surface area (Å²) in [5.41, 5.74) is 2.40. The predicted molar refractivity (Wildman–Crippen MR) is 102 cm³/mol. The zero-order valence-corrected chi connectivity index (χ0v) is 15.0. The molecular weight excluding hydrogens is 298 g/mol. The van der Waals surface area contributed by atoms with Crippen LogP contribution in [-0.4, -0.2) is 23.7 Å². The van der Waals surface area contributed by atoms with Crippen LogP contribution in [-0.2, 0) is 6.54 Å². The second-order valence-electron chi connectivity index (χ2n) is 6.43. The fourth-order valence-electron chi connectivity index (χ4n) is 3.32. The van der Waals surface area contributed by atoms with Gasteiger partial charge in [0.2, 0.25) is 0 Å². The molecule has 3 heteroatoms. The Hall–Kier alpha value is -1.84. The predicted octanol–water partition coefficient (Wildman–Crippen LogP) is 5.32. The second kappa shape index (κ2) is 10.1. The number of hydrogen-bond acceptors (Lipinski definition) is 2. The van der Waals surface area contributed by atoms with E-state index in [2.05, 4.69) is 50.2 Å². The number of aromatic hydroxyl groups is 1. The molecule has 0 atom stereocenters. The van der Waals surface area contributed by atoms with E-state index in [4.69, 9.17) is 0 Å². The van der Waals surface area contributed by atoms with Crippen LogP contribution in [0, 0.1) is 0 Å². The van der Waals surface area contributed by atoms with Gasteiger partial charge in [0.1, 0.15) is 6.54 Å². The molecule has 0 unspecified atom stereocenters. The van der Waals surface area contributed by atoms with Crippen molar-refractivity contribution in [3.05, 3.63) is 60.2 Å². The van der Waals surface area contributed by atoms with Crippen molar-refractivity contribution in [1.29, 1.82) is 0 Å². The van der Waals surface area contributed by atoms with Crippen LogP contribution >= 0.6 is 0 Å². The van der Waals surface area contributed by atoms with Crippen molar-refractivity contribution in [2.75, 3.05) is 13.1 Å². The third kappa shape index (κ3) is 5.08. The van der Waals surface area contributed by atoms with Gasteiger partial charge in [-0.2, -0.15) is 0 Å². The van der Waals surface area contributed by atoms with Crippen molar-refractivity contribution in [2.45, 2.75) is 46.1 Å². The molecule has 0 bridgehead atoms. The van der Waals surface area contributed by atoms with Gasteiger partial charge >= 0.3 is 0 Å². The van der Waals surface area contributed by atoms with E-state index in [1.54, 1.807) is 0 Å². The molecule has 132 valence electrons. The van der Waals surface area contributed by atoms with E-state index in [-0.39, 0.29) is 5.48 Å². The molecular formula is C21H31NO2. The van der Waals surface area contributed by atoms with E-state index < -0.39 is 0 Å². The molecule has 0 saturated carbocycles. The second-order valence-corrected chi connectivity index (χ2v) is 6.43. The summed E-state index contributed by atoms with van der Waals surface area (Å²) >= 11 is 0. The first-order valence-electron chi connectivity index (χ1n) is 8.90. The third-order valence-corrected chi connectivity index (χ3v) is 4.60. The lowest BCUT2D eigenvalue weighted by molar-refractivity contribution is 0.248. The number of hydrogen-bond donors (Lipinski definition) is 1. The minimum absolute atomic E-state index is 0. The van der Waals surface area contributed by atoms with Gasteiger partial charge in [0.25, 0.3) is 0 Å². The Morgan fingerprint density at radius 2 is 1.33 bits per heavy atom. The minimum Gasteiger partial charge on any atom is -0.870 e. The number of rotatable bonds is 9. The zero-order valence-electron chi connectivity index (χ0n) is 15.0. The molecule has 2 aromatic rings. The number of phenolic OH excluding ortho intramolecular Hbond substituents is 1. The van der Waals surface area contributed by atoms with E-state index in [1.807, 2.05) is 18.2 Å². The summed E-state index contributed by atoms with van der Waals surface area (Å²) in [5, 5.41) is 10.5. The molecule has 2 rings (SSSR count). The number of nitrogens with zero attached hydrogens (tertiary/aromatic N) is 1. The molecule has 0 aliphatic heterocycles. The fraction of sp³-hybridized carbons (Fsp3) is 0.429. The van der Waals surface area contributed by atoms with Gasteiger partial charge in [-0.1, -0.05) is 69.2 Å². The Labute approximate surface area is 146 Å². The lowest BCUT2D eigenvalue weighted by Gasteiger charge is -2.39. The molecule has 0 radical (unpaired) electrons. The Kier molecular flexibility index (Phi) is 8.51. The molecule has 0 amide bonds. The Balaban J connectivity index is 0.00000288. The van der Waals surface area contributed by atoms with Crippen molar-refractivity contribution in [2.24, 2.45) is 0 Å². The van der Waals surface area contributed by atoms with Crippen LogP contribution in [0.2, 0.25) is 0 Å². The fourth-order valence-corrected chi connectivity index (χ4v) is 3.32. The van der Waals surface area contributed by atoms with E-state index in [0.717, 1.165) is 29.8 Å². The van der Waals surface area contributed by atoms with Crippen LogP contribution in [0.5, 0.6) is 5.75 Å². The van der Waals surface area contributed by atoms with E-state index in [9.17, 15) is 5.11 Å². The molecule has 24 heavy (non-hydrogen) atoms. The van der Waals surface area contributed by atoms with Crippen molar-refractivity contribution >= 4 is 5.69 Å². The highest BCUT2D eigenvalue weighted by Gasteiger charge is 2.32. The molecule has 0 spiro atoms. The van der Waals surface area contributed by atoms with Gasteiger partial charge < -0.3 is 10.6 Å². The number of quaternary nitrogens is 1. The highest BCUT2D eigenvalue weighted by Crippen LogP contribution is 2.35. The average Bonchev–Trinajstić information content (AvgIpc) is 2.59. The smallest absolute Gasteiger partial charge is 0.177 e. The summed E-state index contributed by atoms with van der Waals surface area (Å²) in [6, 6.07) is 18.6. The quantitative estimate of drug-likeness (QED) is 0.633. The van der Waals surface area contributed by atoms with Crippen LogP contribution in [0.15, 0.2) is 54.6 Å². The summed E-state index contributed by atoms with van der Waals surface area (Å²) < 4.78 is 0.846. The van der Waals surface area contributed by atoms with Gasteiger partial charge in [-0.15, -0.1) is 0 Å². The van der Waals surface area contributed by atoms with Gasteiger partial charge in [-0.05, 0) is 18.9 Å². The summed E-state index contributed by atoms with van der Waals surface area (Å²) in [6.45, 7) is 7.56. The summed E-state index contributed by atoms with van der Waals surface area (Å²) in [6.07, 6.45) is 4.69. The SMILES string of the molecule is CCCC[N+](CCCC)(Cc1ccccc1)c1ccccc1O.[OH-]. The van der Waals surface area contributed by atoms with Crippen LogP contribution in [0.25, 0.3) is 0 Å². The topological polar surface area (TPSA) is 50.2 Å². The third-order valence-electron chi connectivity index (χ3n) is 4.60. The molecule has 2 aromatic carbocycles. The maximum absolute atomic E-state index is 10.5. The van der Waals surface area contributed by atoms with E-state index in [0.29, 0.717) is 5.75 Å². The lowest BCUT2D eigenvalue weighted by atomic mass is 10.1. The molecule has 0 saturated heterocycles. The standard InChI is InChI=1S/C21H29NO.H2O/c1-3-5-16-22(17-6-4-2,18-19-12-8-7-9-13-19)20-14-10-11-15-21(20)23;/h7-15H,3-6,16-18H2,1-2H3;1H2. The van der Waals surface area contributed by atoms with Crippen molar-refractivity contribution < 1.29 is 10.6 Å². The first-order valence-corrected chi connectivity index (χ1v) is 8.90. The normalized spacial score (nSPS) is 11.1. The summed E-state index contributed by atoms with van der Waals surface area (Å²) in [4.78, 5) is 0. The van der Waals surface area contributed by atoms with Crippen LogP contribution in [0.3, 0.4) is 0 Å². The summed E-state index contributed by atoms with van der Waals surface area (Å²) in [7, 11) is 0. The largest absolute Gasteiger partial charge is 0.870 e. The average molecular weight is 329 g/mol. The number of phenols is 1. The molecule has 3 nitrogen and oxygen atoms in total. The molecule has 0 heterocycles. The van der Waals surface area contributed by atoms with E-state index in [1.165, 1.54) is 31.2 Å². The minimum atomic E-state index is 0. The van der Waals surface area contributed by atoms with Gasteiger partial charge in [-0.3, -0.25) is 4.48 Å². The van der Waals surface area contributed by atoms with Gasteiger partial charge in [0, 0.05) is 11.6 Å². The highest BCUT2D eigenvalue weighted by molar-refractivity contribution is 5.55. The Morgan fingerprint density at radius 3 is 1.88 bits per heavy atom. The molecule has 0 aromatic heterocycles. The molecule has 0 aliphatic rings. The Bertz CT molecular complexity index is 575. The zero-order chi connectivity index (χ0) is 16.5. The van der Waals surface area contributed by atoms with Crippen LogP contribution < -0.4 is 4.48 Å². The van der Waals surface area contributed by atoms with Crippen molar-refractivity contribution in [3.8, 4) is 5.75 Å². The first-order chi connectivity index (χ1) is 11.2. The van der Waals surface area contributed by atoms with Crippen LogP contribution in [0.1, 0.15) is 45.1 Å². The maximum Gasteiger partial charge on any atom is 0.177 e. The maximum atomic E-state index is 10.5. The monoisotopic (exact) mass is 329 g/mol.